The minimum Gasteiger partial charge on any atom is -0.490 e. The smallest absolute Gasteiger partial charge is 0.133 e. The maximum absolute atomic E-state index is 10.1. The second kappa shape index (κ2) is 8.88. The second-order valence-corrected chi connectivity index (χ2v) is 6.09. The monoisotopic (exact) mass is 363 g/mol. The molecular formula is C15H23BrClNO2. The molecule has 1 aliphatic heterocycles. The number of β-amino-alcohol motifs (C(OH)–C–C–N with tert-alkyl or cyclic N) is 1. The van der Waals surface area contributed by atoms with Crippen LogP contribution >= 0.6 is 28.3 Å². The Balaban J connectivity index is 0.00000200. The fourth-order valence-corrected chi connectivity index (χ4v) is 2.90. The predicted octanol–water partition coefficient (Wildman–Crippen LogP) is 3.49. The fourth-order valence-electron chi connectivity index (χ4n) is 2.50. The quantitative estimate of drug-likeness (QED) is 0.868. The van der Waals surface area contributed by atoms with E-state index in [1.54, 1.807) is 0 Å². The van der Waals surface area contributed by atoms with Gasteiger partial charge in [-0.05, 0) is 54.4 Å². The minimum atomic E-state index is -0.437. The van der Waals surface area contributed by atoms with E-state index in [-0.39, 0.29) is 12.4 Å². The summed E-state index contributed by atoms with van der Waals surface area (Å²) in [7, 11) is 0. The average molecular weight is 365 g/mol. The lowest BCUT2D eigenvalue weighted by atomic mass is 10.0. The summed E-state index contributed by atoms with van der Waals surface area (Å²) in [6.07, 6.45) is 3.34. The molecule has 2 rings (SSSR count). The first-order valence-corrected chi connectivity index (χ1v) is 7.75. The zero-order chi connectivity index (χ0) is 13.7. The number of ether oxygens (including phenoxy) is 1. The summed E-state index contributed by atoms with van der Waals surface area (Å²) in [4.78, 5) is 2.36. The van der Waals surface area contributed by atoms with E-state index >= 15 is 0 Å². The minimum absolute atomic E-state index is 0. The Bertz CT molecular complexity index is 405. The van der Waals surface area contributed by atoms with Crippen molar-refractivity contribution in [1.82, 2.24) is 4.90 Å². The summed E-state index contributed by atoms with van der Waals surface area (Å²) in [5, 5.41) is 10.1. The van der Waals surface area contributed by atoms with Gasteiger partial charge in [-0.2, -0.15) is 0 Å². The molecule has 20 heavy (non-hydrogen) atoms. The van der Waals surface area contributed by atoms with Gasteiger partial charge in [-0.25, -0.2) is 0 Å². The van der Waals surface area contributed by atoms with E-state index in [1.807, 2.05) is 24.3 Å². The van der Waals surface area contributed by atoms with Crippen molar-refractivity contribution in [3.63, 3.8) is 0 Å². The van der Waals surface area contributed by atoms with Crippen LogP contribution in [0.25, 0.3) is 0 Å². The van der Waals surface area contributed by atoms with Crippen LogP contribution in [0.15, 0.2) is 28.7 Å². The molecule has 1 heterocycles. The first kappa shape index (κ1) is 17.8. The van der Waals surface area contributed by atoms with E-state index < -0.39 is 6.10 Å². The Hall–Kier alpha value is -0.290. The van der Waals surface area contributed by atoms with Crippen LogP contribution in [-0.2, 0) is 0 Å². The van der Waals surface area contributed by atoms with E-state index in [1.165, 1.54) is 19.3 Å². The highest BCUT2D eigenvalue weighted by atomic mass is 79.9. The van der Waals surface area contributed by atoms with Crippen LogP contribution in [0.5, 0.6) is 5.75 Å². The number of rotatable bonds is 5. The molecule has 2 unspecified atom stereocenters. The molecular weight excluding hydrogens is 342 g/mol. The Kier molecular flexibility index (Phi) is 7.88. The van der Waals surface area contributed by atoms with Gasteiger partial charge in [-0.1, -0.05) is 18.6 Å². The molecule has 1 fully saturated rings. The molecule has 2 atom stereocenters. The largest absolute Gasteiger partial charge is 0.490 e. The standard InChI is InChI=1S/C15H22BrNO2.ClH/c1-12-6-4-5-9-17(12)10-13(18)11-19-15-8-3-2-7-14(15)16;/h2-3,7-8,12-13,18H,4-6,9-11H2,1H3;1H. The molecule has 1 N–H and O–H groups in total. The highest BCUT2D eigenvalue weighted by Crippen LogP contribution is 2.24. The van der Waals surface area contributed by atoms with Crippen LogP contribution in [0.1, 0.15) is 26.2 Å². The zero-order valence-corrected chi connectivity index (χ0v) is 14.2. The highest BCUT2D eigenvalue weighted by molar-refractivity contribution is 9.10. The number of aliphatic hydroxyl groups excluding tert-OH is 1. The Morgan fingerprint density at radius 3 is 2.85 bits per heavy atom. The topological polar surface area (TPSA) is 32.7 Å². The number of hydrogen-bond acceptors (Lipinski definition) is 3. The summed E-state index contributed by atoms with van der Waals surface area (Å²) in [6, 6.07) is 8.29. The van der Waals surface area contributed by atoms with Crippen LogP contribution in [0.2, 0.25) is 0 Å². The molecule has 0 bridgehead atoms. The molecule has 1 aromatic carbocycles. The van der Waals surface area contributed by atoms with Gasteiger partial charge >= 0.3 is 0 Å². The molecule has 0 aromatic heterocycles. The van der Waals surface area contributed by atoms with Gasteiger partial charge in [0.2, 0.25) is 0 Å². The third-order valence-corrected chi connectivity index (χ3v) is 4.31. The lowest BCUT2D eigenvalue weighted by Crippen LogP contribution is -2.43. The third-order valence-electron chi connectivity index (χ3n) is 3.65. The van der Waals surface area contributed by atoms with Crippen molar-refractivity contribution in [3.05, 3.63) is 28.7 Å². The van der Waals surface area contributed by atoms with Crippen molar-refractivity contribution in [3.8, 4) is 5.75 Å². The average Bonchev–Trinajstić information content (AvgIpc) is 2.40. The van der Waals surface area contributed by atoms with Gasteiger partial charge in [-0.3, -0.25) is 4.90 Å². The van der Waals surface area contributed by atoms with Crippen LogP contribution in [0.3, 0.4) is 0 Å². The van der Waals surface area contributed by atoms with Gasteiger partial charge in [-0.15, -0.1) is 12.4 Å². The van der Waals surface area contributed by atoms with Crippen molar-refractivity contribution >= 4 is 28.3 Å². The summed E-state index contributed by atoms with van der Waals surface area (Å²) < 4.78 is 6.58. The molecule has 0 saturated carbocycles. The van der Waals surface area contributed by atoms with Gasteiger partial charge in [0.05, 0.1) is 4.47 Å². The number of para-hydroxylation sites is 1. The van der Waals surface area contributed by atoms with E-state index in [0.717, 1.165) is 16.8 Å². The van der Waals surface area contributed by atoms with Crippen molar-refractivity contribution in [2.75, 3.05) is 19.7 Å². The van der Waals surface area contributed by atoms with Crippen LogP contribution < -0.4 is 4.74 Å². The first-order valence-electron chi connectivity index (χ1n) is 6.96. The van der Waals surface area contributed by atoms with E-state index in [9.17, 15) is 5.11 Å². The summed E-state index contributed by atoms with van der Waals surface area (Å²) in [6.45, 7) is 4.37. The van der Waals surface area contributed by atoms with Crippen molar-refractivity contribution in [2.45, 2.75) is 38.3 Å². The van der Waals surface area contributed by atoms with E-state index in [2.05, 4.69) is 27.8 Å². The number of piperidine rings is 1. The first-order chi connectivity index (χ1) is 9.16. The van der Waals surface area contributed by atoms with E-state index in [0.29, 0.717) is 19.2 Å². The number of halogens is 2. The highest BCUT2D eigenvalue weighted by Gasteiger charge is 2.21. The number of benzene rings is 1. The van der Waals surface area contributed by atoms with Gasteiger partial charge in [0.1, 0.15) is 18.5 Å². The second-order valence-electron chi connectivity index (χ2n) is 5.23. The van der Waals surface area contributed by atoms with Gasteiger partial charge in [0, 0.05) is 12.6 Å². The molecule has 0 spiro atoms. The lowest BCUT2D eigenvalue weighted by Gasteiger charge is -2.34. The lowest BCUT2D eigenvalue weighted by molar-refractivity contribution is 0.0436. The van der Waals surface area contributed by atoms with Crippen LogP contribution in [0, 0.1) is 0 Å². The van der Waals surface area contributed by atoms with Gasteiger partial charge in [0.15, 0.2) is 0 Å². The Labute approximate surface area is 135 Å². The molecule has 0 radical (unpaired) electrons. The van der Waals surface area contributed by atoms with Gasteiger partial charge < -0.3 is 9.84 Å². The number of aliphatic hydroxyl groups is 1. The van der Waals surface area contributed by atoms with E-state index in [4.69, 9.17) is 4.74 Å². The SMILES string of the molecule is CC1CCCCN1CC(O)COc1ccccc1Br.Cl. The molecule has 114 valence electrons. The summed E-state index contributed by atoms with van der Waals surface area (Å²) >= 11 is 3.44. The zero-order valence-electron chi connectivity index (χ0n) is 11.8. The predicted molar refractivity (Wildman–Crippen MR) is 87.8 cm³/mol. The number of hydrogen-bond donors (Lipinski definition) is 1. The van der Waals surface area contributed by atoms with Gasteiger partial charge in [0.25, 0.3) is 0 Å². The Morgan fingerprint density at radius 2 is 2.15 bits per heavy atom. The molecule has 1 aromatic rings. The number of likely N-dealkylation sites (tertiary alicyclic amines) is 1. The summed E-state index contributed by atoms with van der Waals surface area (Å²) in [5.74, 6) is 0.785. The third kappa shape index (κ3) is 5.24. The van der Waals surface area contributed by atoms with Crippen LogP contribution in [0.4, 0.5) is 0 Å². The van der Waals surface area contributed by atoms with Crippen LogP contribution in [-0.4, -0.2) is 41.8 Å². The summed E-state index contributed by atoms with van der Waals surface area (Å²) in [5.41, 5.74) is 0. The van der Waals surface area contributed by atoms with Crippen molar-refractivity contribution < 1.29 is 9.84 Å². The molecule has 1 aliphatic rings. The number of nitrogens with zero attached hydrogens (tertiary/aromatic N) is 1. The van der Waals surface area contributed by atoms with Crippen molar-refractivity contribution in [2.24, 2.45) is 0 Å². The normalized spacial score (nSPS) is 21.1. The molecule has 3 nitrogen and oxygen atoms in total. The maximum Gasteiger partial charge on any atom is 0.133 e. The fraction of sp³-hybridized carbons (Fsp3) is 0.600. The molecule has 5 heteroatoms. The molecule has 0 aliphatic carbocycles. The van der Waals surface area contributed by atoms with Crippen molar-refractivity contribution in [1.29, 1.82) is 0 Å². The molecule has 1 saturated heterocycles. The molecule has 0 amide bonds. The maximum atomic E-state index is 10.1. The Morgan fingerprint density at radius 1 is 1.40 bits per heavy atom.